The fraction of sp³-hybridized carbons (Fsp3) is 0.500. The van der Waals surface area contributed by atoms with Gasteiger partial charge in [0, 0.05) is 44.6 Å². The Kier molecular flexibility index (Phi) is 4.66. The van der Waals surface area contributed by atoms with Crippen LogP contribution < -0.4 is 20.5 Å². The van der Waals surface area contributed by atoms with Crippen molar-refractivity contribution in [1.29, 1.82) is 0 Å². The van der Waals surface area contributed by atoms with Crippen LogP contribution in [0.15, 0.2) is 12.1 Å². The summed E-state index contributed by atoms with van der Waals surface area (Å²) in [5.74, 6) is 2.42. The second-order valence-corrected chi connectivity index (χ2v) is 5.41. The van der Waals surface area contributed by atoms with E-state index in [0.717, 1.165) is 34.8 Å². The maximum atomic E-state index is 11.8. The number of aromatic nitrogens is 2. The number of nitrogens with zero attached hydrogens (tertiary/aromatic N) is 2. The zero-order chi connectivity index (χ0) is 16.2. The lowest BCUT2D eigenvalue weighted by Gasteiger charge is -2.18. The average Bonchev–Trinajstić information content (AvgIpc) is 2.92. The fourth-order valence-corrected chi connectivity index (χ4v) is 2.74. The van der Waals surface area contributed by atoms with Crippen molar-refractivity contribution in [3.63, 3.8) is 0 Å². The Morgan fingerprint density at radius 2 is 2.09 bits per heavy atom. The summed E-state index contributed by atoms with van der Waals surface area (Å²) < 4.78 is 13.3. The summed E-state index contributed by atoms with van der Waals surface area (Å²) in [7, 11) is 0. The van der Waals surface area contributed by atoms with Gasteiger partial charge in [-0.05, 0) is 0 Å². The van der Waals surface area contributed by atoms with E-state index in [1.165, 1.54) is 0 Å². The molecular formula is C16H22N4O3. The summed E-state index contributed by atoms with van der Waals surface area (Å²) in [5, 5.41) is 2.79. The number of ether oxygens (including phenoxy) is 2. The molecule has 0 fully saturated rings. The van der Waals surface area contributed by atoms with Crippen molar-refractivity contribution in [2.75, 3.05) is 26.3 Å². The van der Waals surface area contributed by atoms with Crippen LogP contribution >= 0.6 is 0 Å². The first-order valence-corrected chi connectivity index (χ1v) is 7.98. The van der Waals surface area contributed by atoms with Crippen molar-refractivity contribution in [2.24, 2.45) is 5.73 Å². The van der Waals surface area contributed by atoms with E-state index in [1.807, 2.05) is 12.1 Å². The number of aryl methyl sites for hydroxylation is 2. The lowest BCUT2D eigenvalue weighted by atomic mass is 10.2. The van der Waals surface area contributed by atoms with Crippen molar-refractivity contribution < 1.29 is 14.3 Å². The Morgan fingerprint density at radius 3 is 2.78 bits per heavy atom. The van der Waals surface area contributed by atoms with Crippen molar-refractivity contribution >= 4 is 16.9 Å². The predicted octanol–water partition coefficient (Wildman–Crippen LogP) is 0.835. The normalized spacial score (nSPS) is 13.3. The van der Waals surface area contributed by atoms with Crippen LogP contribution in [-0.2, 0) is 17.8 Å². The molecule has 3 N–H and O–H groups in total. The topological polar surface area (TPSA) is 91.4 Å². The minimum atomic E-state index is -0.00287. The van der Waals surface area contributed by atoms with Gasteiger partial charge >= 0.3 is 0 Å². The second kappa shape index (κ2) is 6.87. The number of nitrogens with one attached hydrogen (secondary N) is 1. The number of carbonyl (C=O) groups is 1. The summed E-state index contributed by atoms with van der Waals surface area (Å²) in [6.45, 7) is 4.69. The van der Waals surface area contributed by atoms with Crippen molar-refractivity contribution in [3.05, 3.63) is 18.0 Å². The van der Waals surface area contributed by atoms with Gasteiger partial charge in [0.25, 0.3) is 0 Å². The third-order valence-corrected chi connectivity index (χ3v) is 3.84. The molecule has 2 heterocycles. The summed E-state index contributed by atoms with van der Waals surface area (Å²) in [5.41, 5.74) is 7.24. The molecule has 2 aromatic rings. The molecule has 124 valence electrons. The summed E-state index contributed by atoms with van der Waals surface area (Å²) in [6.07, 6.45) is 1.19. The highest BCUT2D eigenvalue weighted by molar-refractivity contribution is 5.81. The van der Waals surface area contributed by atoms with Crippen molar-refractivity contribution in [2.45, 2.75) is 26.3 Å². The molecule has 0 unspecified atom stereocenters. The Morgan fingerprint density at radius 1 is 1.35 bits per heavy atom. The molecule has 0 saturated carbocycles. The molecule has 7 heteroatoms. The Labute approximate surface area is 134 Å². The van der Waals surface area contributed by atoms with E-state index in [0.29, 0.717) is 39.3 Å². The molecule has 1 aromatic heterocycles. The molecule has 7 nitrogen and oxygen atoms in total. The van der Waals surface area contributed by atoms with Crippen LogP contribution in [0.2, 0.25) is 0 Å². The third-order valence-electron chi connectivity index (χ3n) is 3.84. The Balaban J connectivity index is 1.87. The highest BCUT2D eigenvalue weighted by atomic mass is 16.6. The summed E-state index contributed by atoms with van der Waals surface area (Å²) in [4.78, 5) is 16.5. The molecule has 3 rings (SSSR count). The van der Waals surface area contributed by atoms with E-state index in [-0.39, 0.29) is 5.91 Å². The van der Waals surface area contributed by atoms with Crippen molar-refractivity contribution in [3.8, 4) is 11.5 Å². The smallest absolute Gasteiger partial charge is 0.221 e. The standard InChI is InChI=1S/C16H22N4O3/c1-2-15-19-11-9-13-14(23-8-7-22-13)10-12(11)20(15)6-3-16(21)18-5-4-17/h9-10H,2-8,17H2,1H3,(H,18,21). The zero-order valence-corrected chi connectivity index (χ0v) is 13.3. The average molecular weight is 318 g/mol. The number of hydrogen-bond acceptors (Lipinski definition) is 5. The maximum Gasteiger partial charge on any atom is 0.221 e. The Hall–Kier alpha value is -2.28. The van der Waals surface area contributed by atoms with Crippen molar-refractivity contribution in [1.82, 2.24) is 14.9 Å². The molecule has 0 spiro atoms. The van der Waals surface area contributed by atoms with Gasteiger partial charge < -0.3 is 25.1 Å². The number of rotatable bonds is 6. The first-order valence-electron chi connectivity index (χ1n) is 7.98. The molecule has 1 aliphatic heterocycles. The Bertz CT molecular complexity index is 711. The molecule has 1 amide bonds. The SMILES string of the molecule is CCc1nc2cc3c(cc2n1CCC(=O)NCCN)OCCO3. The molecule has 1 aliphatic rings. The van der Waals surface area contributed by atoms with Gasteiger partial charge in [-0.15, -0.1) is 0 Å². The van der Waals surface area contributed by atoms with Crippen LogP contribution in [0.3, 0.4) is 0 Å². The number of carbonyl (C=O) groups excluding carboxylic acids is 1. The molecular weight excluding hydrogens is 296 g/mol. The van der Waals surface area contributed by atoms with Gasteiger partial charge in [-0.1, -0.05) is 6.92 Å². The molecule has 0 saturated heterocycles. The lowest BCUT2D eigenvalue weighted by Crippen LogP contribution is -2.29. The quantitative estimate of drug-likeness (QED) is 0.823. The van der Waals surface area contributed by atoms with Gasteiger partial charge in [0.05, 0.1) is 11.0 Å². The molecule has 0 bridgehead atoms. The van der Waals surface area contributed by atoms with Gasteiger partial charge in [-0.2, -0.15) is 0 Å². The summed E-state index contributed by atoms with van der Waals surface area (Å²) in [6, 6.07) is 3.86. The maximum absolute atomic E-state index is 11.8. The predicted molar refractivity (Wildman–Crippen MR) is 86.8 cm³/mol. The van der Waals surface area contributed by atoms with Gasteiger partial charge in [0.1, 0.15) is 19.0 Å². The molecule has 23 heavy (non-hydrogen) atoms. The van der Waals surface area contributed by atoms with E-state index in [1.54, 1.807) is 0 Å². The lowest BCUT2D eigenvalue weighted by molar-refractivity contribution is -0.121. The van der Waals surface area contributed by atoms with Crippen LogP contribution in [0.4, 0.5) is 0 Å². The van der Waals surface area contributed by atoms with Crippen LogP contribution in [0, 0.1) is 0 Å². The molecule has 0 aliphatic carbocycles. The van der Waals surface area contributed by atoms with Gasteiger partial charge in [-0.25, -0.2) is 4.98 Å². The van der Waals surface area contributed by atoms with E-state index in [4.69, 9.17) is 15.2 Å². The van der Waals surface area contributed by atoms with Gasteiger partial charge in [0.2, 0.25) is 5.91 Å². The molecule has 0 radical (unpaired) electrons. The highest BCUT2D eigenvalue weighted by Gasteiger charge is 2.18. The number of benzene rings is 1. The monoisotopic (exact) mass is 318 g/mol. The third kappa shape index (κ3) is 3.24. The first kappa shape index (κ1) is 15.6. The van der Waals surface area contributed by atoms with Gasteiger partial charge in [0.15, 0.2) is 11.5 Å². The number of hydrogen-bond donors (Lipinski definition) is 2. The second-order valence-electron chi connectivity index (χ2n) is 5.41. The zero-order valence-electron chi connectivity index (χ0n) is 13.3. The highest BCUT2D eigenvalue weighted by Crippen LogP contribution is 2.34. The summed E-state index contributed by atoms with van der Waals surface area (Å²) >= 11 is 0. The van der Waals surface area contributed by atoms with E-state index in [2.05, 4.69) is 21.8 Å². The van der Waals surface area contributed by atoms with Gasteiger partial charge in [-0.3, -0.25) is 4.79 Å². The van der Waals surface area contributed by atoms with Crippen LogP contribution in [0.25, 0.3) is 11.0 Å². The van der Waals surface area contributed by atoms with E-state index in [9.17, 15) is 4.79 Å². The first-order chi connectivity index (χ1) is 11.2. The minimum Gasteiger partial charge on any atom is -0.486 e. The molecule has 1 aromatic carbocycles. The van der Waals surface area contributed by atoms with Crippen LogP contribution in [0.1, 0.15) is 19.2 Å². The van der Waals surface area contributed by atoms with Crippen LogP contribution in [0.5, 0.6) is 11.5 Å². The largest absolute Gasteiger partial charge is 0.486 e. The van der Waals surface area contributed by atoms with E-state index >= 15 is 0 Å². The number of amides is 1. The molecule has 0 atom stereocenters. The number of imidazole rings is 1. The van der Waals surface area contributed by atoms with Crippen LogP contribution in [-0.4, -0.2) is 41.8 Å². The van der Waals surface area contributed by atoms with E-state index < -0.39 is 0 Å². The number of fused-ring (bicyclic) bond motifs is 2. The fourth-order valence-electron chi connectivity index (χ4n) is 2.74. The number of nitrogens with two attached hydrogens (primary N) is 1. The minimum absolute atomic E-state index is 0.00287.